The van der Waals surface area contributed by atoms with E-state index in [1.165, 1.54) is 39.8 Å². The van der Waals surface area contributed by atoms with Crippen molar-refractivity contribution in [2.45, 2.75) is 54.7 Å². The number of thioether (sulfide) groups is 1. The molecule has 517 valence electrons. The zero-order chi connectivity index (χ0) is 68.2. The minimum absolute atomic E-state index is 0. The van der Waals surface area contributed by atoms with Crippen LogP contribution in [-0.4, -0.2) is 185 Å². The van der Waals surface area contributed by atoms with Crippen molar-refractivity contribution < 1.29 is 75.0 Å². The average molecular weight is 1500 g/mol. The monoisotopic (exact) mass is 1500 g/mol. The number of H-pyrrole nitrogens is 2. The quantitative estimate of drug-likeness (QED) is 0.0412. The first kappa shape index (κ1) is 75.9. The number of aromatic nitrogens is 2. The maximum atomic E-state index is 13.2. The Bertz CT molecular complexity index is 4160. The fraction of sp³-hybridized carbons (Fsp3) is 0.366. The van der Waals surface area contributed by atoms with Crippen molar-refractivity contribution >= 4 is 113 Å². The Morgan fingerprint density at radius 2 is 1.17 bits per heavy atom. The SMILES string of the molecule is CCOC(=O)C1=CN(C)c2ccc(CN3CCOCC3)cc2S1.CNc1ccc(CN2CCOCC2)cc1S.Cc1ccc(CNC(=O)C2=CN(C)c3ccc(CN4CCOCC4)cc3S2=O)cc1.O=C(c1ccc2[nH]c(=O)sc2c1)N1CCOCC1.O=c1[nH]c2cc[c-]cc2s1.[Y]. The number of carbonyl (C=O) groups excluding carboxylic acids is 3. The van der Waals surface area contributed by atoms with E-state index >= 15 is 0 Å². The van der Waals surface area contributed by atoms with E-state index in [-0.39, 0.29) is 65.1 Å². The fourth-order valence-electron chi connectivity index (χ4n) is 11.1. The van der Waals surface area contributed by atoms with Gasteiger partial charge in [0.15, 0.2) is 0 Å². The van der Waals surface area contributed by atoms with Crippen molar-refractivity contribution in [1.29, 1.82) is 0 Å². The summed E-state index contributed by atoms with van der Waals surface area (Å²) in [6.07, 6.45) is 3.51. The van der Waals surface area contributed by atoms with E-state index < -0.39 is 10.8 Å². The predicted octanol–water partition coefficient (Wildman–Crippen LogP) is 9.31. The number of thiazole rings is 2. The van der Waals surface area contributed by atoms with Crippen LogP contribution in [0.1, 0.15) is 45.1 Å². The Balaban J connectivity index is 0.000000149. The molecule has 4 fully saturated rings. The normalized spacial score (nSPS) is 17.0. The van der Waals surface area contributed by atoms with Crippen LogP contribution in [0.15, 0.2) is 162 Å². The molecule has 2 amide bonds. The van der Waals surface area contributed by atoms with Gasteiger partial charge in [-0.05, 0) is 90.7 Å². The third-order valence-electron chi connectivity index (χ3n) is 16.4. The van der Waals surface area contributed by atoms with Crippen molar-refractivity contribution in [1.82, 2.24) is 34.9 Å². The molecule has 1 unspecified atom stereocenters. The van der Waals surface area contributed by atoms with Gasteiger partial charge in [0, 0.05) is 166 Å². The summed E-state index contributed by atoms with van der Waals surface area (Å²) in [5.41, 5.74) is 11.2. The second-order valence-electron chi connectivity index (χ2n) is 23.4. The summed E-state index contributed by atoms with van der Waals surface area (Å²) in [5.74, 6) is -0.556. The number of fused-ring (bicyclic) bond motifs is 4. The number of hydrogen-bond acceptors (Lipinski definition) is 21. The molecule has 6 aromatic carbocycles. The molecular weight excluding hydrogens is 1420 g/mol. The van der Waals surface area contributed by atoms with E-state index in [0.717, 1.165) is 168 Å². The summed E-state index contributed by atoms with van der Waals surface area (Å²) in [5, 5.41) is 6.02. The number of carbonyl (C=O) groups is 3. The molecule has 21 nitrogen and oxygen atoms in total. The second-order valence-corrected chi connectivity index (χ2v) is 28.4. The first-order valence-corrected chi connectivity index (χ1v) is 36.3. The number of thiol groups is 1. The summed E-state index contributed by atoms with van der Waals surface area (Å²) in [6, 6.07) is 40.5. The molecule has 0 spiro atoms. The number of amides is 2. The summed E-state index contributed by atoms with van der Waals surface area (Å²) >= 11 is 8.28. The van der Waals surface area contributed by atoms with Crippen molar-refractivity contribution in [3.8, 4) is 0 Å². The van der Waals surface area contributed by atoms with Gasteiger partial charge in [0.05, 0.1) is 96.7 Å². The largest absolute Gasteiger partial charge is 0.462 e. The third-order valence-corrected chi connectivity index (χ3v) is 20.9. The summed E-state index contributed by atoms with van der Waals surface area (Å²) in [7, 11) is 4.23. The van der Waals surface area contributed by atoms with Crippen LogP contribution in [0.3, 0.4) is 0 Å². The number of aryl methyl sites for hydroxylation is 1. The molecule has 8 aromatic rings. The molecule has 0 bridgehead atoms. The number of esters is 1. The number of rotatable bonds is 13. The molecule has 6 aliphatic heterocycles. The molecule has 1 atom stereocenters. The van der Waals surface area contributed by atoms with Gasteiger partial charge in [0.2, 0.25) is 0 Å². The second kappa shape index (κ2) is 37.9. The van der Waals surface area contributed by atoms with Crippen LogP contribution in [0.4, 0.5) is 17.1 Å². The Morgan fingerprint density at radius 3 is 1.76 bits per heavy atom. The van der Waals surface area contributed by atoms with Gasteiger partial charge in [-0.15, -0.1) is 30.0 Å². The summed E-state index contributed by atoms with van der Waals surface area (Å²) in [6.45, 7) is 20.3. The van der Waals surface area contributed by atoms with Gasteiger partial charge in [-0.1, -0.05) is 81.3 Å². The third kappa shape index (κ3) is 21.6. The fourth-order valence-corrected chi connectivity index (χ4v) is 15.5. The Hall–Kier alpha value is -6.34. The van der Waals surface area contributed by atoms with Crippen molar-refractivity contribution in [3.05, 3.63) is 196 Å². The van der Waals surface area contributed by atoms with E-state index in [1.807, 2.05) is 93.5 Å². The molecule has 14 rings (SSSR count). The minimum Gasteiger partial charge on any atom is -0.462 e. The van der Waals surface area contributed by atoms with E-state index in [0.29, 0.717) is 54.8 Å². The number of benzene rings is 6. The average Bonchev–Trinajstić information content (AvgIpc) is 0.980. The van der Waals surface area contributed by atoms with E-state index in [9.17, 15) is 28.2 Å². The Labute approximate surface area is 617 Å². The number of nitrogens with one attached hydrogen (secondary N) is 4. The van der Waals surface area contributed by atoms with Crippen LogP contribution < -0.4 is 30.2 Å². The smallest absolute Gasteiger partial charge is 0.346 e. The molecule has 0 saturated carbocycles. The molecule has 98 heavy (non-hydrogen) atoms. The molecule has 8 heterocycles. The molecular formula is C71H83N10O11S5Y-. The number of morpholine rings is 4. The van der Waals surface area contributed by atoms with Gasteiger partial charge in [-0.25, -0.2) is 9.00 Å². The van der Waals surface area contributed by atoms with Crippen LogP contribution in [0, 0.1) is 13.0 Å². The van der Waals surface area contributed by atoms with Gasteiger partial charge < -0.3 is 59.0 Å². The standard InChI is InChI=1S/C23H27N3O3S.C17H22N2O3S.C12H12N2O3S.C12H18N2OS.C7H4NOS.Y/c1-17-3-5-18(6-4-17)14-24-23(27)22-16-25(2)20-8-7-19(13-21(20)30(22)28)15-26-9-11-29-12-10-26;1-3-22-17(20)16-12-18(2)14-5-4-13(10-15(14)23-16)11-19-6-8-21-9-7-19;15-11(14-3-5-17-6-4-14)8-1-2-9-10(7-8)18-12(16)13-9;1-13-11-3-2-10(8-12(11)16)9-14-4-6-15-7-5-14;9-7-8-5-3-1-2-4-6(5)10-7;/h3-8,13,16H,9-12,14-15H2,1-2H3,(H,24,27);4-5,10,12H,3,6-9,11H2,1-2H3;1-2,7H,3-6H2,(H,13,16);2-3,8,13,16H,4-7,9H2,1H3;1,3-4H,(H,8,9);/q;;;;-1;. The topological polar surface area (TPSA) is 224 Å². The van der Waals surface area contributed by atoms with Crippen LogP contribution >= 0.6 is 47.1 Å². The zero-order valence-electron chi connectivity index (χ0n) is 55.8. The summed E-state index contributed by atoms with van der Waals surface area (Å²) in [4.78, 5) is 80.8. The molecule has 4 N–H and O–H groups in total. The Morgan fingerprint density at radius 1 is 0.643 bits per heavy atom. The van der Waals surface area contributed by atoms with Gasteiger partial charge >= 0.3 is 10.8 Å². The molecule has 27 heteroatoms. The number of hydrogen-bond donors (Lipinski definition) is 5. The number of anilines is 3. The first-order valence-electron chi connectivity index (χ1n) is 32.2. The van der Waals surface area contributed by atoms with Crippen LogP contribution in [-0.2, 0) is 103 Å². The van der Waals surface area contributed by atoms with Crippen LogP contribution in [0.5, 0.6) is 0 Å². The first-order chi connectivity index (χ1) is 47.1. The van der Waals surface area contributed by atoms with E-state index in [4.69, 9.17) is 23.7 Å². The number of nitrogens with zero attached hydrogens (tertiary/aromatic N) is 6. The van der Waals surface area contributed by atoms with Crippen molar-refractivity contribution in [2.24, 2.45) is 0 Å². The molecule has 4 saturated heterocycles. The summed E-state index contributed by atoms with van der Waals surface area (Å²) < 4.78 is 41.5. The van der Waals surface area contributed by atoms with Gasteiger partial charge in [0.25, 0.3) is 16.7 Å². The molecule has 1 radical (unpaired) electrons. The Kier molecular flexibility index (Phi) is 29.3. The maximum Gasteiger partial charge on any atom is 0.346 e. The van der Waals surface area contributed by atoms with Gasteiger partial charge in [0.1, 0.15) is 9.81 Å². The molecule has 2 aromatic heterocycles. The van der Waals surface area contributed by atoms with Crippen LogP contribution in [0.2, 0.25) is 0 Å². The van der Waals surface area contributed by atoms with E-state index in [1.54, 1.807) is 41.4 Å². The number of ether oxygens (including phenoxy) is 5. The zero-order valence-corrected chi connectivity index (χ0v) is 62.8. The van der Waals surface area contributed by atoms with Gasteiger partial charge in [-0.3, -0.25) is 33.9 Å². The predicted molar refractivity (Wildman–Crippen MR) is 390 cm³/mol. The number of aromatic amines is 2. The van der Waals surface area contributed by atoms with Crippen molar-refractivity contribution in [3.63, 3.8) is 0 Å². The van der Waals surface area contributed by atoms with Crippen LogP contribution in [0.25, 0.3) is 20.4 Å². The molecule has 6 aliphatic rings. The minimum atomic E-state index is -1.52. The van der Waals surface area contributed by atoms with Gasteiger partial charge in [-0.2, -0.15) is 18.2 Å². The van der Waals surface area contributed by atoms with Crippen molar-refractivity contribution in [2.75, 3.05) is 148 Å². The van der Waals surface area contributed by atoms with E-state index in [2.05, 4.69) is 96.5 Å². The molecule has 0 aliphatic carbocycles. The maximum absolute atomic E-state index is 13.2.